The zero-order chi connectivity index (χ0) is 12.2. The Kier molecular flexibility index (Phi) is 5.74. The van der Waals surface area contributed by atoms with Gasteiger partial charge >= 0.3 is 0 Å². The molecule has 0 amide bonds. The fourth-order valence-electron chi connectivity index (χ4n) is 2.21. The predicted octanol–water partition coefficient (Wildman–Crippen LogP) is 3.43. The highest BCUT2D eigenvalue weighted by molar-refractivity contribution is 14.1. The Bertz CT molecular complexity index is 248. The first kappa shape index (κ1) is 14.5. The van der Waals surface area contributed by atoms with E-state index in [1.54, 1.807) is 7.11 Å². The second kappa shape index (κ2) is 6.36. The molecule has 0 radical (unpaired) electrons. The average Bonchev–Trinajstić information content (AvgIpc) is 2.95. The van der Waals surface area contributed by atoms with Gasteiger partial charge in [-0.15, -0.1) is 0 Å². The van der Waals surface area contributed by atoms with E-state index in [-0.39, 0.29) is 12.1 Å². The first-order valence-electron chi connectivity index (χ1n) is 6.18. The molecule has 1 unspecified atom stereocenters. The summed E-state index contributed by atoms with van der Waals surface area (Å²) in [6.07, 6.45) is 8.24. The van der Waals surface area contributed by atoms with E-state index in [4.69, 9.17) is 10.5 Å². The van der Waals surface area contributed by atoms with Crippen molar-refractivity contribution in [1.29, 1.82) is 0 Å². The van der Waals surface area contributed by atoms with Gasteiger partial charge in [-0.1, -0.05) is 42.0 Å². The second-order valence-electron chi connectivity index (χ2n) is 4.79. The van der Waals surface area contributed by atoms with E-state index in [1.165, 1.54) is 18.4 Å². The molecular formula is C13H24INO. The summed E-state index contributed by atoms with van der Waals surface area (Å²) in [5.74, 6) is 0. The maximum absolute atomic E-state index is 6.29. The van der Waals surface area contributed by atoms with E-state index >= 15 is 0 Å². The van der Waals surface area contributed by atoms with Gasteiger partial charge in [-0.2, -0.15) is 0 Å². The zero-order valence-corrected chi connectivity index (χ0v) is 12.8. The largest absolute Gasteiger partial charge is 0.375 e. The van der Waals surface area contributed by atoms with Gasteiger partial charge in [-0.25, -0.2) is 0 Å². The van der Waals surface area contributed by atoms with Crippen LogP contribution in [-0.2, 0) is 4.74 Å². The highest BCUT2D eigenvalue weighted by atomic mass is 127. The molecular weight excluding hydrogens is 313 g/mol. The molecule has 1 rings (SSSR count). The van der Waals surface area contributed by atoms with Gasteiger partial charge in [-0.05, 0) is 38.2 Å². The van der Waals surface area contributed by atoms with Gasteiger partial charge in [-0.3, -0.25) is 0 Å². The van der Waals surface area contributed by atoms with E-state index in [9.17, 15) is 0 Å². The Hall–Kier alpha value is 0.390. The summed E-state index contributed by atoms with van der Waals surface area (Å²) in [5, 5.41) is 0. The molecule has 1 aliphatic rings. The minimum absolute atomic E-state index is 0.109. The van der Waals surface area contributed by atoms with Gasteiger partial charge in [0, 0.05) is 16.6 Å². The molecule has 0 saturated heterocycles. The molecule has 0 bridgehead atoms. The molecule has 2 N–H and O–H groups in total. The third-order valence-corrected chi connectivity index (χ3v) is 4.83. The first-order chi connectivity index (χ1) is 7.56. The molecule has 0 aromatic heterocycles. The lowest BCUT2D eigenvalue weighted by Crippen LogP contribution is -2.39. The lowest BCUT2D eigenvalue weighted by Gasteiger charge is -2.26. The third kappa shape index (κ3) is 4.00. The number of nitrogens with two attached hydrogens (primary N) is 1. The summed E-state index contributed by atoms with van der Waals surface area (Å²) < 4.78 is 6.07. The molecule has 2 atom stereocenters. The molecule has 0 spiro atoms. The Morgan fingerprint density at radius 1 is 1.56 bits per heavy atom. The summed E-state index contributed by atoms with van der Waals surface area (Å²) in [5.41, 5.74) is 7.65. The van der Waals surface area contributed by atoms with Crippen LogP contribution < -0.4 is 5.73 Å². The molecule has 3 heteroatoms. The van der Waals surface area contributed by atoms with Crippen LogP contribution >= 0.6 is 22.6 Å². The molecule has 1 aliphatic carbocycles. The van der Waals surface area contributed by atoms with Crippen LogP contribution in [0.5, 0.6) is 0 Å². The fourth-order valence-corrected chi connectivity index (χ4v) is 2.99. The van der Waals surface area contributed by atoms with Gasteiger partial charge in [0.2, 0.25) is 0 Å². The molecule has 94 valence electrons. The van der Waals surface area contributed by atoms with Crippen LogP contribution in [0, 0.1) is 0 Å². The smallest absolute Gasteiger partial charge is 0.0932 e. The third-order valence-electron chi connectivity index (χ3n) is 3.31. The Labute approximate surface area is 113 Å². The molecule has 0 heterocycles. The summed E-state index contributed by atoms with van der Waals surface area (Å²) in [7, 11) is 1.77. The van der Waals surface area contributed by atoms with Crippen LogP contribution in [0.2, 0.25) is 0 Å². The molecule has 16 heavy (non-hydrogen) atoms. The van der Waals surface area contributed by atoms with E-state index in [2.05, 4.69) is 42.5 Å². The summed E-state index contributed by atoms with van der Waals surface area (Å²) >= 11 is 2.55. The van der Waals surface area contributed by atoms with E-state index < -0.39 is 0 Å². The van der Waals surface area contributed by atoms with Crippen molar-refractivity contribution >= 4 is 22.6 Å². The Morgan fingerprint density at radius 2 is 2.19 bits per heavy atom. The minimum atomic E-state index is 0.109. The van der Waals surface area contributed by atoms with Crippen LogP contribution in [0.1, 0.15) is 46.0 Å². The maximum atomic E-state index is 6.29. The van der Waals surface area contributed by atoms with Crippen molar-refractivity contribution in [3.05, 3.63) is 11.6 Å². The van der Waals surface area contributed by atoms with Crippen LogP contribution in [0.4, 0.5) is 0 Å². The number of methoxy groups -OCH3 is 1. The normalized spacial score (nSPS) is 22.9. The summed E-state index contributed by atoms with van der Waals surface area (Å²) in [4.78, 5) is 0. The van der Waals surface area contributed by atoms with Gasteiger partial charge < -0.3 is 10.5 Å². The fraction of sp³-hybridized carbons (Fsp3) is 0.846. The number of allylic oxidation sites excluding steroid dienone is 1. The topological polar surface area (TPSA) is 35.2 Å². The monoisotopic (exact) mass is 337 g/mol. The summed E-state index contributed by atoms with van der Waals surface area (Å²) in [6, 6.07) is 0.141. The minimum Gasteiger partial charge on any atom is -0.375 e. The Balaban J connectivity index is 2.57. The van der Waals surface area contributed by atoms with Crippen molar-refractivity contribution in [2.45, 2.75) is 61.5 Å². The highest BCUT2D eigenvalue weighted by Crippen LogP contribution is 2.49. The molecule has 0 aromatic rings. The lowest BCUT2D eigenvalue weighted by atomic mass is 9.95. The lowest BCUT2D eigenvalue weighted by molar-refractivity contribution is 0.103. The number of hydrogen-bond acceptors (Lipinski definition) is 2. The van der Waals surface area contributed by atoms with Crippen LogP contribution in [0.25, 0.3) is 0 Å². The van der Waals surface area contributed by atoms with Crippen LogP contribution in [-0.4, -0.2) is 22.7 Å². The van der Waals surface area contributed by atoms with Crippen molar-refractivity contribution in [1.82, 2.24) is 0 Å². The second-order valence-corrected chi connectivity index (χ2v) is 7.08. The van der Waals surface area contributed by atoms with Gasteiger partial charge in [0.15, 0.2) is 0 Å². The van der Waals surface area contributed by atoms with Crippen LogP contribution in [0.3, 0.4) is 0 Å². The van der Waals surface area contributed by atoms with Crippen LogP contribution in [0.15, 0.2) is 11.6 Å². The van der Waals surface area contributed by atoms with E-state index in [0.29, 0.717) is 3.42 Å². The van der Waals surface area contributed by atoms with Gasteiger partial charge in [0.05, 0.1) is 6.10 Å². The molecule has 0 aromatic carbocycles. The summed E-state index contributed by atoms with van der Waals surface area (Å²) in [6.45, 7) is 4.28. The number of alkyl halides is 1. The predicted molar refractivity (Wildman–Crippen MR) is 78.0 cm³/mol. The quantitative estimate of drug-likeness (QED) is 0.439. The van der Waals surface area contributed by atoms with Crippen molar-refractivity contribution in [3.63, 3.8) is 0 Å². The molecule has 0 aliphatic heterocycles. The van der Waals surface area contributed by atoms with E-state index in [1.807, 2.05) is 0 Å². The SMILES string of the molecule is CC=C(CCC)C(OC)[C@@H](N)CC1(I)CC1. The number of rotatable bonds is 7. The van der Waals surface area contributed by atoms with Gasteiger partial charge in [0.1, 0.15) is 0 Å². The molecule has 1 fully saturated rings. The first-order valence-corrected chi connectivity index (χ1v) is 7.26. The highest BCUT2D eigenvalue weighted by Gasteiger charge is 2.42. The zero-order valence-electron chi connectivity index (χ0n) is 10.6. The van der Waals surface area contributed by atoms with E-state index in [0.717, 1.165) is 19.3 Å². The average molecular weight is 337 g/mol. The standard InChI is InChI=1S/C13H24INO/c1-4-6-10(5-2)12(16-3)11(15)9-13(14)7-8-13/h5,11-12H,4,6-9,15H2,1-3H3/t11-,12?/m0/s1. The maximum Gasteiger partial charge on any atom is 0.0932 e. The van der Waals surface area contributed by atoms with Gasteiger partial charge in [0.25, 0.3) is 0 Å². The Morgan fingerprint density at radius 3 is 2.56 bits per heavy atom. The van der Waals surface area contributed by atoms with Crippen molar-refractivity contribution in [3.8, 4) is 0 Å². The van der Waals surface area contributed by atoms with Crippen molar-refractivity contribution < 1.29 is 4.74 Å². The van der Waals surface area contributed by atoms with Crippen molar-refractivity contribution in [2.75, 3.05) is 7.11 Å². The number of ether oxygens (including phenoxy) is 1. The number of halogens is 1. The van der Waals surface area contributed by atoms with Crippen molar-refractivity contribution in [2.24, 2.45) is 5.73 Å². The molecule has 2 nitrogen and oxygen atoms in total. The number of hydrogen-bond donors (Lipinski definition) is 1. The molecule has 1 saturated carbocycles.